The zero-order valence-corrected chi connectivity index (χ0v) is 35.0. The Balaban J connectivity index is 1.00. The molecular formula is C61H45N. The second-order valence-electron chi connectivity index (χ2n) is 16.9. The number of hydrogen-bond acceptors (Lipinski definition) is 1. The fourth-order valence-corrected chi connectivity index (χ4v) is 9.61. The topological polar surface area (TPSA) is 3.24 Å². The third-order valence-corrected chi connectivity index (χ3v) is 12.9. The molecule has 0 radical (unpaired) electrons. The van der Waals surface area contributed by atoms with Gasteiger partial charge in [0.05, 0.1) is 5.69 Å². The predicted molar refractivity (Wildman–Crippen MR) is 263 cm³/mol. The summed E-state index contributed by atoms with van der Waals surface area (Å²) < 4.78 is 0. The molecule has 0 atom stereocenters. The monoisotopic (exact) mass is 791 g/mol. The molecule has 0 amide bonds. The number of anilines is 3. The van der Waals surface area contributed by atoms with E-state index in [4.69, 9.17) is 0 Å². The van der Waals surface area contributed by atoms with Crippen molar-refractivity contribution >= 4 is 27.8 Å². The Morgan fingerprint density at radius 2 is 0.726 bits per heavy atom. The molecule has 0 bridgehead atoms. The van der Waals surface area contributed by atoms with E-state index in [2.05, 4.69) is 255 Å². The van der Waals surface area contributed by atoms with Gasteiger partial charge in [-0.25, -0.2) is 0 Å². The van der Waals surface area contributed by atoms with Crippen molar-refractivity contribution in [3.8, 4) is 66.8 Å². The average Bonchev–Trinajstić information content (AvgIpc) is 3.57. The van der Waals surface area contributed by atoms with Gasteiger partial charge < -0.3 is 4.90 Å². The standard InChI is InChI=1S/C61H45N/c1-61(2)58-40-50(46-26-24-44(25-27-46)42-14-5-3-6-15-42)34-38-56(58)57-39-37-52(41-59(57)61)62(51-35-32-48(33-36-51)54-22-13-19-47-18-9-10-20-53(47)54)60-23-12-11-21-55(60)49-30-28-45(29-31-49)43-16-7-4-8-17-43/h3-41H,1-2H3. The molecule has 0 N–H and O–H groups in total. The van der Waals surface area contributed by atoms with Crippen LogP contribution in [0.2, 0.25) is 0 Å². The molecule has 1 heteroatoms. The van der Waals surface area contributed by atoms with Gasteiger partial charge in [0.1, 0.15) is 0 Å². The molecule has 10 aromatic rings. The summed E-state index contributed by atoms with van der Waals surface area (Å²) in [6.07, 6.45) is 0. The molecule has 0 unspecified atom stereocenters. The van der Waals surface area contributed by atoms with E-state index >= 15 is 0 Å². The Labute approximate surface area is 364 Å². The third-order valence-electron chi connectivity index (χ3n) is 12.9. The van der Waals surface area contributed by atoms with Crippen molar-refractivity contribution in [3.63, 3.8) is 0 Å². The van der Waals surface area contributed by atoms with Crippen LogP contribution in [0.5, 0.6) is 0 Å². The normalized spacial score (nSPS) is 12.5. The van der Waals surface area contributed by atoms with E-state index in [9.17, 15) is 0 Å². The highest BCUT2D eigenvalue weighted by atomic mass is 15.1. The zero-order chi connectivity index (χ0) is 41.6. The van der Waals surface area contributed by atoms with Crippen LogP contribution in [-0.4, -0.2) is 0 Å². The zero-order valence-electron chi connectivity index (χ0n) is 35.0. The highest BCUT2D eigenvalue weighted by Gasteiger charge is 2.36. The lowest BCUT2D eigenvalue weighted by atomic mass is 9.81. The van der Waals surface area contributed by atoms with Gasteiger partial charge in [-0.2, -0.15) is 0 Å². The minimum Gasteiger partial charge on any atom is -0.310 e. The fourth-order valence-electron chi connectivity index (χ4n) is 9.61. The molecule has 0 aliphatic heterocycles. The van der Waals surface area contributed by atoms with E-state index in [0.29, 0.717) is 0 Å². The van der Waals surface area contributed by atoms with E-state index in [1.165, 1.54) is 88.7 Å². The summed E-state index contributed by atoms with van der Waals surface area (Å²) >= 11 is 0. The van der Waals surface area contributed by atoms with E-state index in [0.717, 1.165) is 17.1 Å². The summed E-state index contributed by atoms with van der Waals surface area (Å²) in [5.41, 5.74) is 20.6. The summed E-state index contributed by atoms with van der Waals surface area (Å²) in [4.78, 5) is 2.45. The fraction of sp³-hybridized carbons (Fsp3) is 0.0492. The summed E-state index contributed by atoms with van der Waals surface area (Å²) in [5, 5.41) is 2.51. The lowest BCUT2D eigenvalue weighted by Crippen LogP contribution is -2.17. The quantitative estimate of drug-likeness (QED) is 0.148. The van der Waals surface area contributed by atoms with Gasteiger partial charge in [0.2, 0.25) is 0 Å². The molecular weight excluding hydrogens is 747 g/mol. The van der Waals surface area contributed by atoms with Crippen LogP contribution in [-0.2, 0) is 5.41 Å². The van der Waals surface area contributed by atoms with E-state index in [-0.39, 0.29) is 5.41 Å². The van der Waals surface area contributed by atoms with Gasteiger partial charge in [-0.15, -0.1) is 0 Å². The minimum atomic E-state index is -0.211. The van der Waals surface area contributed by atoms with Crippen molar-refractivity contribution in [2.75, 3.05) is 4.90 Å². The summed E-state index contributed by atoms with van der Waals surface area (Å²) in [7, 11) is 0. The van der Waals surface area contributed by atoms with Crippen molar-refractivity contribution < 1.29 is 0 Å². The van der Waals surface area contributed by atoms with Gasteiger partial charge in [-0.3, -0.25) is 0 Å². The first-order valence-corrected chi connectivity index (χ1v) is 21.6. The molecule has 1 aliphatic rings. The SMILES string of the molecule is CC1(C)c2cc(-c3ccc(-c4ccccc4)cc3)ccc2-c2ccc(N(c3ccc(-c4cccc5ccccc45)cc3)c3ccccc3-c3ccc(-c4ccccc4)cc3)cc21. The Bertz CT molecular complexity index is 3210. The maximum absolute atomic E-state index is 2.45. The van der Waals surface area contributed by atoms with Gasteiger partial charge in [-0.1, -0.05) is 214 Å². The first-order valence-electron chi connectivity index (χ1n) is 21.6. The van der Waals surface area contributed by atoms with Crippen LogP contribution in [0.15, 0.2) is 237 Å². The van der Waals surface area contributed by atoms with Gasteiger partial charge in [0.15, 0.2) is 0 Å². The molecule has 0 aromatic heterocycles. The van der Waals surface area contributed by atoms with Crippen LogP contribution in [0.4, 0.5) is 17.1 Å². The number of benzene rings is 10. The molecule has 10 aromatic carbocycles. The molecule has 0 saturated carbocycles. The Morgan fingerprint density at radius 3 is 1.40 bits per heavy atom. The van der Waals surface area contributed by atoms with Crippen molar-refractivity contribution in [2.24, 2.45) is 0 Å². The lowest BCUT2D eigenvalue weighted by Gasteiger charge is -2.30. The van der Waals surface area contributed by atoms with Crippen LogP contribution in [0.3, 0.4) is 0 Å². The lowest BCUT2D eigenvalue weighted by molar-refractivity contribution is 0.660. The van der Waals surface area contributed by atoms with Crippen molar-refractivity contribution in [1.82, 2.24) is 0 Å². The number of para-hydroxylation sites is 1. The summed E-state index contributed by atoms with van der Waals surface area (Å²) in [6, 6.07) is 86.6. The number of nitrogens with zero attached hydrogens (tertiary/aromatic N) is 1. The van der Waals surface area contributed by atoms with Crippen LogP contribution in [0, 0.1) is 0 Å². The molecule has 11 rings (SSSR count). The minimum absolute atomic E-state index is 0.211. The number of hydrogen-bond donors (Lipinski definition) is 0. The molecule has 294 valence electrons. The molecule has 0 spiro atoms. The van der Waals surface area contributed by atoms with E-state index in [1.807, 2.05) is 0 Å². The first-order chi connectivity index (χ1) is 30.5. The number of fused-ring (bicyclic) bond motifs is 4. The molecule has 0 saturated heterocycles. The van der Waals surface area contributed by atoms with E-state index < -0.39 is 0 Å². The van der Waals surface area contributed by atoms with Crippen LogP contribution >= 0.6 is 0 Å². The van der Waals surface area contributed by atoms with Crippen molar-refractivity contribution in [1.29, 1.82) is 0 Å². The Morgan fingerprint density at radius 1 is 0.290 bits per heavy atom. The molecule has 1 aliphatic carbocycles. The predicted octanol–water partition coefficient (Wildman–Crippen LogP) is 17.0. The summed E-state index contributed by atoms with van der Waals surface area (Å²) in [6.45, 7) is 4.77. The first kappa shape index (κ1) is 37.3. The largest absolute Gasteiger partial charge is 0.310 e. The van der Waals surface area contributed by atoms with Gasteiger partial charge >= 0.3 is 0 Å². The van der Waals surface area contributed by atoms with Gasteiger partial charge in [0.25, 0.3) is 0 Å². The van der Waals surface area contributed by atoms with E-state index in [1.54, 1.807) is 0 Å². The molecule has 62 heavy (non-hydrogen) atoms. The highest BCUT2D eigenvalue weighted by molar-refractivity contribution is 5.97. The smallest absolute Gasteiger partial charge is 0.0540 e. The third kappa shape index (κ3) is 6.60. The highest BCUT2D eigenvalue weighted by Crippen LogP contribution is 2.52. The maximum atomic E-state index is 2.45. The van der Waals surface area contributed by atoms with Crippen molar-refractivity contribution in [3.05, 3.63) is 248 Å². The van der Waals surface area contributed by atoms with Crippen LogP contribution in [0.25, 0.3) is 77.5 Å². The Hall–Kier alpha value is -7.74. The number of rotatable bonds is 8. The average molecular weight is 792 g/mol. The second kappa shape index (κ2) is 15.4. The van der Waals surface area contributed by atoms with Crippen LogP contribution in [0.1, 0.15) is 25.0 Å². The Kier molecular flexibility index (Phi) is 9.24. The van der Waals surface area contributed by atoms with Gasteiger partial charge in [-0.05, 0) is 119 Å². The second-order valence-corrected chi connectivity index (χ2v) is 16.9. The van der Waals surface area contributed by atoms with Gasteiger partial charge in [0, 0.05) is 22.4 Å². The van der Waals surface area contributed by atoms with Crippen LogP contribution < -0.4 is 4.90 Å². The molecule has 0 heterocycles. The molecule has 0 fully saturated rings. The molecule has 1 nitrogen and oxygen atoms in total. The maximum Gasteiger partial charge on any atom is 0.0540 e. The summed E-state index contributed by atoms with van der Waals surface area (Å²) in [5.74, 6) is 0. The van der Waals surface area contributed by atoms with Crippen molar-refractivity contribution in [2.45, 2.75) is 19.3 Å².